The van der Waals surface area contributed by atoms with E-state index in [0.29, 0.717) is 32.9 Å². The van der Waals surface area contributed by atoms with Gasteiger partial charge >= 0.3 is 0 Å². The van der Waals surface area contributed by atoms with Gasteiger partial charge < -0.3 is 24.8 Å². The Balaban J connectivity index is 0.00000576. The normalized spacial score (nSPS) is 10.9. The molecule has 144 valence electrons. The Morgan fingerprint density at radius 3 is 2.44 bits per heavy atom. The van der Waals surface area contributed by atoms with Crippen LogP contribution in [-0.2, 0) is 16.0 Å². The quantitative estimate of drug-likeness (QED) is 0.215. The van der Waals surface area contributed by atoms with Gasteiger partial charge in [-0.25, -0.2) is 0 Å². The lowest BCUT2D eigenvalue weighted by atomic mass is 10.2. The Hall–Kier alpha value is -1.06. The summed E-state index contributed by atoms with van der Waals surface area (Å²) in [6, 6.07) is 7.93. The summed E-state index contributed by atoms with van der Waals surface area (Å²) < 4.78 is 16.3. The molecule has 0 spiro atoms. The van der Waals surface area contributed by atoms with Crippen LogP contribution in [0.25, 0.3) is 0 Å². The van der Waals surface area contributed by atoms with Crippen molar-refractivity contribution in [3.05, 3.63) is 29.8 Å². The number of hydrogen-bond acceptors (Lipinski definition) is 4. The topological polar surface area (TPSA) is 64.1 Å². The SMILES string of the molecule is CCCCOCCOCCNC(=NC)NCc1ccccc1OC.I. The van der Waals surface area contributed by atoms with E-state index < -0.39 is 0 Å². The number of ether oxygens (including phenoxy) is 3. The number of halogens is 1. The highest BCUT2D eigenvalue weighted by molar-refractivity contribution is 14.0. The van der Waals surface area contributed by atoms with Gasteiger partial charge in [-0.2, -0.15) is 0 Å². The van der Waals surface area contributed by atoms with Gasteiger partial charge in [0, 0.05) is 32.3 Å². The Morgan fingerprint density at radius 2 is 1.76 bits per heavy atom. The summed E-state index contributed by atoms with van der Waals surface area (Å²) in [6.45, 7) is 6.21. The van der Waals surface area contributed by atoms with Gasteiger partial charge in [0.2, 0.25) is 0 Å². The van der Waals surface area contributed by atoms with Crippen molar-refractivity contribution in [2.24, 2.45) is 4.99 Å². The Bertz CT molecular complexity index is 473. The molecule has 0 aliphatic rings. The minimum atomic E-state index is 0. The molecule has 0 aromatic heterocycles. The zero-order valence-electron chi connectivity index (χ0n) is 15.5. The average Bonchev–Trinajstić information content (AvgIpc) is 2.63. The van der Waals surface area contributed by atoms with Gasteiger partial charge in [0.25, 0.3) is 0 Å². The van der Waals surface area contributed by atoms with Crippen molar-refractivity contribution in [3.8, 4) is 5.75 Å². The number of nitrogens with one attached hydrogen (secondary N) is 2. The number of nitrogens with zero attached hydrogens (tertiary/aromatic N) is 1. The molecule has 0 heterocycles. The number of aliphatic imine (C=N–C) groups is 1. The van der Waals surface area contributed by atoms with Crippen molar-refractivity contribution >= 4 is 29.9 Å². The molecule has 1 rings (SSSR count). The van der Waals surface area contributed by atoms with E-state index in [1.54, 1.807) is 14.2 Å². The summed E-state index contributed by atoms with van der Waals surface area (Å²) in [5.41, 5.74) is 1.09. The highest BCUT2D eigenvalue weighted by Crippen LogP contribution is 2.16. The molecule has 2 N–H and O–H groups in total. The van der Waals surface area contributed by atoms with Gasteiger partial charge in [-0.05, 0) is 12.5 Å². The highest BCUT2D eigenvalue weighted by atomic mass is 127. The van der Waals surface area contributed by atoms with Gasteiger partial charge in [-0.1, -0.05) is 31.5 Å². The van der Waals surface area contributed by atoms with E-state index in [0.717, 1.165) is 36.7 Å². The molecule has 0 radical (unpaired) electrons. The van der Waals surface area contributed by atoms with E-state index >= 15 is 0 Å². The van der Waals surface area contributed by atoms with Crippen molar-refractivity contribution in [1.82, 2.24) is 10.6 Å². The second-order valence-corrected chi connectivity index (χ2v) is 5.24. The molecule has 1 aromatic carbocycles. The fraction of sp³-hybridized carbons (Fsp3) is 0.611. The van der Waals surface area contributed by atoms with Crippen molar-refractivity contribution < 1.29 is 14.2 Å². The number of rotatable bonds is 12. The highest BCUT2D eigenvalue weighted by Gasteiger charge is 2.03. The largest absolute Gasteiger partial charge is 0.496 e. The minimum absolute atomic E-state index is 0. The van der Waals surface area contributed by atoms with Crippen molar-refractivity contribution in [2.75, 3.05) is 47.1 Å². The van der Waals surface area contributed by atoms with Crippen LogP contribution in [0.3, 0.4) is 0 Å². The number of para-hydroxylation sites is 1. The molecule has 7 heteroatoms. The molecule has 1 aromatic rings. The first-order chi connectivity index (χ1) is 11.8. The maximum absolute atomic E-state index is 5.52. The predicted molar refractivity (Wildman–Crippen MR) is 113 cm³/mol. The molecular weight excluding hydrogens is 433 g/mol. The molecule has 0 bridgehead atoms. The van der Waals surface area contributed by atoms with Gasteiger partial charge in [-0.15, -0.1) is 24.0 Å². The third kappa shape index (κ3) is 11.2. The molecule has 0 aliphatic heterocycles. The maximum atomic E-state index is 5.52. The number of benzene rings is 1. The standard InChI is InChI=1S/C18H31N3O3.HI/c1-4-5-11-23-13-14-24-12-10-20-18(19-2)21-15-16-8-6-7-9-17(16)22-3;/h6-9H,4-5,10-15H2,1-3H3,(H2,19,20,21);1H. The molecule has 0 saturated carbocycles. The predicted octanol–water partition coefficient (Wildman–Crippen LogP) is 2.81. The third-order valence-corrected chi connectivity index (χ3v) is 3.42. The molecule has 25 heavy (non-hydrogen) atoms. The van der Waals surface area contributed by atoms with Crippen LogP contribution < -0.4 is 15.4 Å². The molecule has 0 atom stereocenters. The fourth-order valence-electron chi connectivity index (χ4n) is 2.06. The first-order valence-electron chi connectivity index (χ1n) is 8.53. The van der Waals surface area contributed by atoms with Crippen LogP contribution in [0.4, 0.5) is 0 Å². The van der Waals surface area contributed by atoms with Gasteiger partial charge in [0.1, 0.15) is 5.75 Å². The van der Waals surface area contributed by atoms with Crippen LogP contribution in [0.5, 0.6) is 5.75 Å². The summed E-state index contributed by atoms with van der Waals surface area (Å²) in [7, 11) is 3.43. The zero-order valence-corrected chi connectivity index (χ0v) is 17.9. The monoisotopic (exact) mass is 465 g/mol. The molecular formula is C18H32IN3O3. The third-order valence-electron chi connectivity index (χ3n) is 3.42. The van der Waals surface area contributed by atoms with Crippen molar-refractivity contribution in [1.29, 1.82) is 0 Å². The van der Waals surface area contributed by atoms with E-state index in [2.05, 4.69) is 22.5 Å². The number of guanidine groups is 1. The van der Waals surface area contributed by atoms with Crippen LogP contribution >= 0.6 is 24.0 Å². The molecule has 0 fully saturated rings. The minimum Gasteiger partial charge on any atom is -0.496 e. The second kappa shape index (κ2) is 16.4. The number of hydrogen-bond donors (Lipinski definition) is 2. The van der Waals surface area contributed by atoms with Crippen LogP contribution in [0.15, 0.2) is 29.3 Å². The summed E-state index contributed by atoms with van der Waals surface area (Å²) in [5.74, 6) is 1.61. The first-order valence-corrected chi connectivity index (χ1v) is 8.53. The molecule has 6 nitrogen and oxygen atoms in total. The Morgan fingerprint density at radius 1 is 1.04 bits per heavy atom. The maximum Gasteiger partial charge on any atom is 0.191 e. The first kappa shape index (κ1) is 23.9. The van der Waals surface area contributed by atoms with E-state index in [1.807, 2.05) is 24.3 Å². The molecule has 0 amide bonds. The average molecular weight is 465 g/mol. The zero-order chi connectivity index (χ0) is 17.5. The lowest BCUT2D eigenvalue weighted by molar-refractivity contribution is 0.0487. The lowest BCUT2D eigenvalue weighted by Crippen LogP contribution is -2.38. The molecule has 0 aliphatic carbocycles. The Labute approximate surface area is 168 Å². The summed E-state index contributed by atoms with van der Waals surface area (Å²) in [6.07, 6.45) is 2.27. The van der Waals surface area contributed by atoms with Crippen LogP contribution in [-0.4, -0.2) is 53.1 Å². The van der Waals surface area contributed by atoms with E-state index in [9.17, 15) is 0 Å². The number of methoxy groups -OCH3 is 1. The Kier molecular flexibility index (Phi) is 15.7. The van der Waals surface area contributed by atoms with Crippen LogP contribution in [0.1, 0.15) is 25.3 Å². The summed E-state index contributed by atoms with van der Waals surface area (Å²) >= 11 is 0. The van der Waals surface area contributed by atoms with Crippen LogP contribution in [0, 0.1) is 0 Å². The van der Waals surface area contributed by atoms with E-state index in [1.165, 1.54) is 0 Å². The second-order valence-electron chi connectivity index (χ2n) is 5.24. The van der Waals surface area contributed by atoms with Gasteiger partial charge in [-0.3, -0.25) is 4.99 Å². The summed E-state index contributed by atoms with van der Waals surface area (Å²) in [5, 5.41) is 6.48. The summed E-state index contributed by atoms with van der Waals surface area (Å²) in [4.78, 5) is 4.20. The van der Waals surface area contributed by atoms with Gasteiger partial charge in [0.05, 0.1) is 26.9 Å². The van der Waals surface area contributed by atoms with Gasteiger partial charge in [0.15, 0.2) is 5.96 Å². The van der Waals surface area contributed by atoms with E-state index in [-0.39, 0.29) is 24.0 Å². The molecule has 0 unspecified atom stereocenters. The lowest BCUT2D eigenvalue weighted by Gasteiger charge is -2.13. The van der Waals surface area contributed by atoms with Crippen molar-refractivity contribution in [3.63, 3.8) is 0 Å². The van der Waals surface area contributed by atoms with E-state index in [4.69, 9.17) is 14.2 Å². The number of unbranched alkanes of at least 4 members (excludes halogenated alkanes) is 1. The smallest absolute Gasteiger partial charge is 0.191 e. The molecule has 0 saturated heterocycles. The fourth-order valence-corrected chi connectivity index (χ4v) is 2.06. The van der Waals surface area contributed by atoms with Crippen LogP contribution in [0.2, 0.25) is 0 Å². The van der Waals surface area contributed by atoms with Crippen molar-refractivity contribution in [2.45, 2.75) is 26.3 Å².